The summed E-state index contributed by atoms with van der Waals surface area (Å²) in [6.07, 6.45) is 22.2. The Labute approximate surface area is 336 Å². The average Bonchev–Trinajstić information content (AvgIpc) is 4.01. The van der Waals surface area contributed by atoms with Crippen LogP contribution in [0.15, 0.2) is 12.4 Å². The van der Waals surface area contributed by atoms with Crippen LogP contribution in [0.4, 0.5) is 17.2 Å². The van der Waals surface area contributed by atoms with Crippen LogP contribution in [-0.4, -0.2) is 80.1 Å². The first-order valence-electron chi connectivity index (χ1n) is 19.1. The molecule has 2 heterocycles. The normalized spacial score (nSPS) is 18.8. The van der Waals surface area contributed by atoms with Crippen molar-refractivity contribution in [2.45, 2.75) is 140 Å². The largest absolute Gasteiger partial charge is 0.468 e. The molecule has 0 unspecified atom stereocenters. The third kappa shape index (κ3) is 13.3. The molecule has 0 aliphatic heterocycles. The fraction of sp³-hybridized carbons (Fsp3) is 0.722. The van der Waals surface area contributed by atoms with E-state index in [9.17, 15) is 29.8 Å². The molecule has 0 amide bonds. The van der Waals surface area contributed by atoms with Gasteiger partial charge in [0.2, 0.25) is 21.5 Å². The van der Waals surface area contributed by atoms with Crippen LogP contribution in [0.1, 0.15) is 116 Å². The fourth-order valence-corrected chi connectivity index (χ4v) is 8.73. The van der Waals surface area contributed by atoms with Crippen LogP contribution in [0.3, 0.4) is 0 Å². The molecular formula is C36H51Cl3N8O8. The zero-order valence-corrected chi connectivity index (χ0v) is 33.6. The van der Waals surface area contributed by atoms with Crippen molar-refractivity contribution in [3.05, 3.63) is 48.3 Å². The zero-order chi connectivity index (χ0) is 39.9. The van der Waals surface area contributed by atoms with E-state index < -0.39 is 15.9 Å². The molecule has 4 aliphatic carbocycles. The topological polar surface area (TPSA) is 206 Å². The van der Waals surface area contributed by atoms with E-state index >= 15 is 0 Å². The van der Waals surface area contributed by atoms with Crippen LogP contribution in [0.25, 0.3) is 0 Å². The van der Waals surface area contributed by atoms with E-state index in [4.69, 9.17) is 44.3 Å². The number of anilines is 1. The van der Waals surface area contributed by atoms with E-state index in [-0.39, 0.29) is 56.9 Å². The predicted octanol–water partition coefficient (Wildman–Crippen LogP) is 8.24. The van der Waals surface area contributed by atoms with Crippen molar-refractivity contribution in [3.63, 3.8) is 0 Å². The molecule has 4 fully saturated rings. The maximum Gasteiger partial charge on any atom is 0.329 e. The minimum absolute atomic E-state index is 0.000157. The fourth-order valence-electron chi connectivity index (χ4n) is 8.23. The monoisotopic (exact) mass is 828 g/mol. The molecule has 4 saturated carbocycles. The smallest absolute Gasteiger partial charge is 0.329 e. The molecule has 1 N–H and O–H groups in total. The van der Waals surface area contributed by atoms with Gasteiger partial charge in [-0.2, -0.15) is 9.97 Å². The maximum absolute atomic E-state index is 12.7. The SMILES string of the molecule is COC(=O)[C@@H](CC1CCCC1)N(c1nc(Cl)ncc1[N+](=O)[O-])C1CCCC1.COC(=O)[C@@H](CC1CCCC1)NC1CCCC1.O=[N+]([O-])c1cnc(Cl)nc1Cl. The van der Waals surface area contributed by atoms with E-state index in [1.807, 2.05) is 4.90 Å². The van der Waals surface area contributed by atoms with Crippen molar-refractivity contribution in [2.75, 3.05) is 19.1 Å². The van der Waals surface area contributed by atoms with Gasteiger partial charge in [0.1, 0.15) is 24.5 Å². The second-order valence-electron chi connectivity index (χ2n) is 14.6. The Morgan fingerprint density at radius 1 is 0.745 bits per heavy atom. The third-order valence-electron chi connectivity index (χ3n) is 10.9. The summed E-state index contributed by atoms with van der Waals surface area (Å²) in [5.74, 6) is 0.823. The zero-order valence-electron chi connectivity index (χ0n) is 31.4. The van der Waals surface area contributed by atoms with Gasteiger partial charge in [0, 0.05) is 12.1 Å². The number of hydrogen-bond donors (Lipinski definition) is 1. The van der Waals surface area contributed by atoms with Gasteiger partial charge in [-0.3, -0.25) is 25.0 Å². The van der Waals surface area contributed by atoms with Crippen molar-refractivity contribution >= 4 is 63.9 Å². The molecule has 2 atom stereocenters. The van der Waals surface area contributed by atoms with Crippen molar-refractivity contribution in [3.8, 4) is 0 Å². The summed E-state index contributed by atoms with van der Waals surface area (Å²) in [6, 6.07) is -0.127. The highest BCUT2D eigenvalue weighted by molar-refractivity contribution is 6.33. The van der Waals surface area contributed by atoms with Crippen LogP contribution in [-0.2, 0) is 19.1 Å². The lowest BCUT2D eigenvalue weighted by atomic mass is 9.95. The van der Waals surface area contributed by atoms with Crippen molar-refractivity contribution in [1.82, 2.24) is 25.3 Å². The highest BCUT2D eigenvalue weighted by atomic mass is 35.5. The highest BCUT2D eigenvalue weighted by Gasteiger charge is 2.40. The molecule has 6 rings (SSSR count). The summed E-state index contributed by atoms with van der Waals surface area (Å²) in [5, 5.41) is 24.8. The Kier molecular flexibility index (Phi) is 18.0. The van der Waals surface area contributed by atoms with Gasteiger partial charge in [0.05, 0.1) is 24.1 Å². The van der Waals surface area contributed by atoms with Gasteiger partial charge < -0.3 is 19.7 Å². The predicted molar refractivity (Wildman–Crippen MR) is 207 cm³/mol. The first-order chi connectivity index (χ1) is 26.4. The highest BCUT2D eigenvalue weighted by Crippen LogP contribution is 2.38. The molecule has 2 aromatic rings. The molecule has 0 aromatic carbocycles. The Hall–Kier alpha value is -3.47. The molecule has 304 valence electrons. The van der Waals surface area contributed by atoms with Crippen molar-refractivity contribution in [1.29, 1.82) is 0 Å². The Balaban J connectivity index is 0.000000204. The first-order valence-corrected chi connectivity index (χ1v) is 20.2. The van der Waals surface area contributed by atoms with Gasteiger partial charge in [-0.15, -0.1) is 0 Å². The number of carbonyl (C=O) groups excluding carboxylic acids is 2. The summed E-state index contributed by atoms with van der Waals surface area (Å²) in [4.78, 5) is 61.6. The van der Waals surface area contributed by atoms with Crippen LogP contribution in [0, 0.1) is 32.1 Å². The van der Waals surface area contributed by atoms with E-state index in [1.165, 1.54) is 65.6 Å². The van der Waals surface area contributed by atoms with E-state index in [0.29, 0.717) is 18.4 Å². The number of nitrogens with zero attached hydrogens (tertiary/aromatic N) is 7. The number of hydrogen-bond acceptors (Lipinski definition) is 14. The van der Waals surface area contributed by atoms with E-state index in [0.717, 1.165) is 76.1 Å². The summed E-state index contributed by atoms with van der Waals surface area (Å²) >= 11 is 16.6. The van der Waals surface area contributed by atoms with E-state index in [2.05, 4.69) is 25.3 Å². The standard InChI is InChI=1S/C18H25ClN4O4.C14H25NO2.C4HCl2N3O2/c1-27-17(24)14(10-12-6-2-3-7-12)22(13-8-4-5-9-13)16-15(23(25)26)11-20-18(19)21-16;1-17-14(16)13(10-11-6-2-3-7-11)15-12-8-4-5-9-12;5-3-2(9(10)11)1-7-4(6)8-3/h11-14H,2-10H2,1H3;11-13,15H,2-10H2,1H3;1H/t14-;13-;/m11./s1. The molecule has 55 heavy (non-hydrogen) atoms. The summed E-state index contributed by atoms with van der Waals surface area (Å²) < 4.78 is 10.0. The second kappa shape index (κ2) is 22.3. The molecule has 19 heteroatoms. The Morgan fingerprint density at radius 3 is 1.73 bits per heavy atom. The molecule has 0 spiro atoms. The van der Waals surface area contributed by atoms with Crippen LogP contribution in [0.5, 0.6) is 0 Å². The van der Waals surface area contributed by atoms with Crippen molar-refractivity contribution < 1.29 is 28.9 Å². The molecule has 4 aliphatic rings. The number of halogens is 3. The minimum atomic E-state index is -0.682. The summed E-state index contributed by atoms with van der Waals surface area (Å²) in [7, 11) is 2.86. The van der Waals surface area contributed by atoms with Gasteiger partial charge in [0.25, 0.3) is 0 Å². The second-order valence-corrected chi connectivity index (χ2v) is 15.6. The summed E-state index contributed by atoms with van der Waals surface area (Å²) in [6.45, 7) is 0. The lowest BCUT2D eigenvalue weighted by Gasteiger charge is -2.36. The number of aromatic nitrogens is 4. The number of methoxy groups -OCH3 is 2. The maximum atomic E-state index is 12.7. The van der Waals surface area contributed by atoms with Gasteiger partial charge in [-0.1, -0.05) is 88.7 Å². The van der Waals surface area contributed by atoms with Crippen LogP contribution >= 0.6 is 34.8 Å². The average molecular weight is 830 g/mol. The lowest BCUT2D eigenvalue weighted by molar-refractivity contribution is -0.385. The molecule has 0 saturated heterocycles. The number of nitro groups is 2. The van der Waals surface area contributed by atoms with Gasteiger partial charge in [0.15, 0.2) is 0 Å². The number of carbonyl (C=O) groups is 2. The molecule has 16 nitrogen and oxygen atoms in total. The molecule has 0 radical (unpaired) electrons. The molecular weight excluding hydrogens is 779 g/mol. The number of esters is 2. The van der Waals surface area contributed by atoms with Gasteiger partial charge in [-0.05, 0) is 73.6 Å². The minimum Gasteiger partial charge on any atom is -0.468 e. The van der Waals surface area contributed by atoms with Gasteiger partial charge in [-0.25, -0.2) is 14.8 Å². The number of rotatable bonds is 13. The van der Waals surface area contributed by atoms with Gasteiger partial charge >= 0.3 is 23.3 Å². The third-order valence-corrected chi connectivity index (χ3v) is 11.6. The molecule has 2 aromatic heterocycles. The quantitative estimate of drug-likeness (QED) is 0.0664. The van der Waals surface area contributed by atoms with Crippen molar-refractivity contribution in [2.24, 2.45) is 11.8 Å². The van der Waals surface area contributed by atoms with Crippen LogP contribution < -0.4 is 10.2 Å². The number of nitrogens with one attached hydrogen (secondary N) is 1. The Bertz CT molecular complexity index is 1570. The van der Waals surface area contributed by atoms with Crippen LogP contribution in [0.2, 0.25) is 15.7 Å². The summed E-state index contributed by atoms with van der Waals surface area (Å²) in [5.41, 5.74) is -0.581. The lowest BCUT2D eigenvalue weighted by Crippen LogP contribution is -2.49. The first kappa shape index (κ1) is 44.2. The number of ether oxygens (including phenoxy) is 2. The van der Waals surface area contributed by atoms with E-state index in [1.54, 1.807) is 0 Å². The molecule has 0 bridgehead atoms. The Morgan fingerprint density at radius 2 is 1.22 bits per heavy atom.